The van der Waals surface area contributed by atoms with E-state index in [0.29, 0.717) is 16.3 Å². The van der Waals surface area contributed by atoms with Crippen LogP contribution < -0.4 is 10.9 Å². The lowest BCUT2D eigenvalue weighted by Crippen LogP contribution is -2.28. The molecule has 0 bridgehead atoms. The van der Waals surface area contributed by atoms with Crippen molar-refractivity contribution in [2.24, 2.45) is 0 Å². The number of hydrogen-bond acceptors (Lipinski definition) is 2. The molecule has 1 unspecified atom stereocenters. The van der Waals surface area contributed by atoms with Crippen molar-refractivity contribution in [3.8, 4) is 0 Å². The Labute approximate surface area is 140 Å². The summed E-state index contributed by atoms with van der Waals surface area (Å²) in [5.74, 6) is -0.197. The topological polar surface area (TPSA) is 62.0 Å². The van der Waals surface area contributed by atoms with E-state index in [1.54, 1.807) is 18.2 Å². The number of carbonyl (C=O) groups excluding carboxylic acids is 1. The van der Waals surface area contributed by atoms with Crippen LogP contribution in [0.1, 0.15) is 40.0 Å². The number of benzene rings is 2. The lowest BCUT2D eigenvalue weighted by Gasteiger charge is -2.19. The second-order valence-corrected chi connectivity index (χ2v) is 6.08. The molecule has 0 spiro atoms. The Morgan fingerprint density at radius 2 is 1.62 bits per heavy atom. The van der Waals surface area contributed by atoms with Crippen molar-refractivity contribution in [2.45, 2.75) is 26.8 Å². The fraction of sp³-hybridized carbons (Fsp3) is 0.200. The maximum Gasteiger partial charge on any atom is 0.255 e. The normalized spacial score (nSPS) is 12.1. The number of aryl methyl sites for hydroxylation is 2. The van der Waals surface area contributed by atoms with Gasteiger partial charge in [0, 0.05) is 17.0 Å². The molecule has 2 N–H and O–H groups in total. The van der Waals surface area contributed by atoms with Crippen LogP contribution in [0.3, 0.4) is 0 Å². The van der Waals surface area contributed by atoms with Crippen LogP contribution in [0.5, 0.6) is 0 Å². The molecule has 0 aliphatic heterocycles. The van der Waals surface area contributed by atoms with Crippen molar-refractivity contribution in [3.05, 3.63) is 81.3 Å². The van der Waals surface area contributed by atoms with Gasteiger partial charge in [-0.2, -0.15) is 0 Å². The molecular formula is C20H20N2O2. The van der Waals surface area contributed by atoms with E-state index >= 15 is 0 Å². The van der Waals surface area contributed by atoms with Gasteiger partial charge in [0.1, 0.15) is 0 Å². The van der Waals surface area contributed by atoms with Crippen molar-refractivity contribution >= 4 is 16.7 Å². The second-order valence-electron chi connectivity index (χ2n) is 6.08. The highest BCUT2D eigenvalue weighted by Crippen LogP contribution is 2.22. The first-order chi connectivity index (χ1) is 11.5. The quantitative estimate of drug-likeness (QED) is 0.774. The maximum atomic E-state index is 12.7. The van der Waals surface area contributed by atoms with Crippen molar-refractivity contribution in [3.63, 3.8) is 0 Å². The SMILES string of the molecule is Cc1cccc(C)c1C(C)NC(=O)c1c[nH]c(=O)c2ccccc12. The lowest BCUT2D eigenvalue weighted by atomic mass is 9.97. The fourth-order valence-electron chi connectivity index (χ4n) is 3.25. The first-order valence-electron chi connectivity index (χ1n) is 7.96. The average Bonchev–Trinajstić information content (AvgIpc) is 2.55. The summed E-state index contributed by atoms with van der Waals surface area (Å²) in [6.07, 6.45) is 1.48. The maximum absolute atomic E-state index is 12.7. The van der Waals surface area contributed by atoms with Gasteiger partial charge in [0.25, 0.3) is 11.5 Å². The first-order valence-corrected chi connectivity index (χ1v) is 7.96. The van der Waals surface area contributed by atoms with Gasteiger partial charge in [-0.25, -0.2) is 0 Å². The van der Waals surface area contributed by atoms with E-state index in [1.807, 2.05) is 45.0 Å². The highest BCUT2D eigenvalue weighted by Gasteiger charge is 2.17. The number of fused-ring (bicyclic) bond motifs is 1. The minimum atomic E-state index is -0.197. The van der Waals surface area contributed by atoms with E-state index < -0.39 is 0 Å². The fourth-order valence-corrected chi connectivity index (χ4v) is 3.25. The molecule has 0 aliphatic carbocycles. The third-order valence-electron chi connectivity index (χ3n) is 4.38. The summed E-state index contributed by atoms with van der Waals surface area (Å²) in [7, 11) is 0. The van der Waals surface area contributed by atoms with E-state index in [0.717, 1.165) is 16.7 Å². The number of aromatic nitrogens is 1. The van der Waals surface area contributed by atoms with Crippen molar-refractivity contribution in [2.75, 3.05) is 0 Å². The number of amides is 1. The summed E-state index contributed by atoms with van der Waals surface area (Å²) in [5, 5.41) is 4.22. The summed E-state index contributed by atoms with van der Waals surface area (Å²) >= 11 is 0. The van der Waals surface area contributed by atoms with Gasteiger partial charge in [-0.05, 0) is 43.5 Å². The Balaban J connectivity index is 1.96. The number of carbonyl (C=O) groups is 1. The molecule has 0 fully saturated rings. The predicted octanol–water partition coefficient (Wildman–Crippen LogP) is 3.64. The van der Waals surface area contributed by atoms with E-state index in [1.165, 1.54) is 6.20 Å². The predicted molar refractivity (Wildman–Crippen MR) is 96.4 cm³/mol. The molecule has 0 saturated heterocycles. The molecule has 24 heavy (non-hydrogen) atoms. The minimum absolute atomic E-state index is 0.121. The molecule has 0 saturated carbocycles. The summed E-state index contributed by atoms with van der Waals surface area (Å²) in [6.45, 7) is 6.06. The van der Waals surface area contributed by atoms with Crippen molar-refractivity contribution < 1.29 is 4.79 Å². The zero-order valence-corrected chi connectivity index (χ0v) is 14.0. The Kier molecular flexibility index (Phi) is 4.21. The van der Waals surface area contributed by atoms with Gasteiger partial charge in [-0.15, -0.1) is 0 Å². The highest BCUT2D eigenvalue weighted by atomic mass is 16.2. The summed E-state index contributed by atoms with van der Waals surface area (Å²) in [4.78, 5) is 27.3. The van der Waals surface area contributed by atoms with Crippen molar-refractivity contribution in [1.29, 1.82) is 0 Å². The van der Waals surface area contributed by atoms with Crippen LogP contribution >= 0.6 is 0 Å². The van der Waals surface area contributed by atoms with Gasteiger partial charge in [-0.3, -0.25) is 9.59 Å². The number of H-pyrrole nitrogens is 1. The Morgan fingerprint density at radius 3 is 2.29 bits per heavy atom. The largest absolute Gasteiger partial charge is 0.345 e. The summed E-state index contributed by atoms with van der Waals surface area (Å²) in [5.41, 5.74) is 3.70. The molecule has 1 aromatic heterocycles. The standard InChI is InChI=1S/C20H20N2O2/c1-12-7-6-8-13(2)18(12)14(3)22-20(24)17-11-21-19(23)16-10-5-4-9-15(16)17/h4-11,14H,1-3H3,(H,21,23)(H,22,24). The van der Waals surface area contributed by atoms with Gasteiger partial charge < -0.3 is 10.3 Å². The van der Waals surface area contributed by atoms with Crippen LogP contribution in [0.25, 0.3) is 10.8 Å². The van der Waals surface area contributed by atoms with Crippen LogP contribution in [0.4, 0.5) is 0 Å². The molecule has 3 rings (SSSR count). The summed E-state index contributed by atoms with van der Waals surface area (Å²) in [6, 6.07) is 13.1. The molecule has 0 aliphatic rings. The van der Waals surface area contributed by atoms with Gasteiger partial charge >= 0.3 is 0 Å². The molecule has 4 heteroatoms. The molecular weight excluding hydrogens is 300 g/mol. The first kappa shape index (κ1) is 16.0. The minimum Gasteiger partial charge on any atom is -0.345 e. The van der Waals surface area contributed by atoms with Crippen LogP contribution in [0.15, 0.2) is 53.5 Å². The Bertz CT molecular complexity index is 953. The van der Waals surface area contributed by atoms with E-state index in [9.17, 15) is 9.59 Å². The summed E-state index contributed by atoms with van der Waals surface area (Å²) < 4.78 is 0. The molecule has 4 nitrogen and oxygen atoms in total. The monoisotopic (exact) mass is 320 g/mol. The smallest absolute Gasteiger partial charge is 0.255 e. The number of pyridine rings is 1. The van der Waals surface area contributed by atoms with E-state index in [-0.39, 0.29) is 17.5 Å². The Hall–Kier alpha value is -2.88. The van der Waals surface area contributed by atoms with Crippen LogP contribution in [0.2, 0.25) is 0 Å². The van der Waals surface area contributed by atoms with Gasteiger partial charge in [0.15, 0.2) is 0 Å². The third-order valence-corrected chi connectivity index (χ3v) is 4.38. The zero-order valence-electron chi connectivity index (χ0n) is 14.0. The number of rotatable bonds is 3. The van der Waals surface area contributed by atoms with E-state index in [4.69, 9.17) is 0 Å². The molecule has 3 aromatic rings. The van der Waals surface area contributed by atoms with E-state index in [2.05, 4.69) is 10.3 Å². The second kappa shape index (κ2) is 6.32. The molecule has 1 atom stereocenters. The molecule has 2 aromatic carbocycles. The number of aromatic amines is 1. The van der Waals surface area contributed by atoms with Gasteiger partial charge in [0.05, 0.1) is 11.6 Å². The molecule has 1 amide bonds. The number of nitrogens with one attached hydrogen (secondary N) is 2. The molecule has 1 heterocycles. The van der Waals surface area contributed by atoms with Crippen LogP contribution in [-0.4, -0.2) is 10.9 Å². The van der Waals surface area contributed by atoms with Crippen LogP contribution in [-0.2, 0) is 0 Å². The number of hydrogen-bond donors (Lipinski definition) is 2. The average molecular weight is 320 g/mol. The highest BCUT2D eigenvalue weighted by molar-refractivity contribution is 6.06. The molecule has 122 valence electrons. The lowest BCUT2D eigenvalue weighted by molar-refractivity contribution is 0.0941. The zero-order chi connectivity index (χ0) is 17.3. The van der Waals surface area contributed by atoms with Crippen LogP contribution in [0, 0.1) is 13.8 Å². The molecule has 0 radical (unpaired) electrons. The van der Waals surface area contributed by atoms with Gasteiger partial charge in [0.2, 0.25) is 0 Å². The third kappa shape index (κ3) is 2.83. The Morgan fingerprint density at radius 1 is 1.00 bits per heavy atom. The van der Waals surface area contributed by atoms with Crippen molar-refractivity contribution in [1.82, 2.24) is 10.3 Å². The van der Waals surface area contributed by atoms with Gasteiger partial charge in [-0.1, -0.05) is 36.4 Å².